The van der Waals surface area contributed by atoms with E-state index in [2.05, 4.69) is 4.90 Å². The number of esters is 1. The van der Waals surface area contributed by atoms with Gasteiger partial charge in [-0.05, 0) is 65.5 Å². The van der Waals surface area contributed by atoms with Crippen LogP contribution in [0.4, 0.5) is 0 Å². The maximum atomic E-state index is 12.9. The molecule has 0 aromatic rings. The fourth-order valence-electron chi connectivity index (χ4n) is 3.44. The number of nitrogens with zero attached hydrogens (tertiary/aromatic N) is 1. The van der Waals surface area contributed by atoms with Gasteiger partial charge in [-0.2, -0.15) is 0 Å². The number of carbonyl (C=O) groups excluding carboxylic acids is 1. The second-order valence-electron chi connectivity index (χ2n) is 7.78. The Kier molecular flexibility index (Phi) is 5.86. The first-order valence-corrected chi connectivity index (χ1v) is 8.77. The minimum Gasteiger partial charge on any atom is -0.481 e. The van der Waals surface area contributed by atoms with Crippen LogP contribution in [0, 0.1) is 5.92 Å². The third-order valence-corrected chi connectivity index (χ3v) is 4.75. The van der Waals surface area contributed by atoms with E-state index in [1.54, 1.807) is 0 Å². The van der Waals surface area contributed by atoms with Crippen LogP contribution in [0.25, 0.3) is 0 Å². The van der Waals surface area contributed by atoms with Crippen molar-refractivity contribution in [2.75, 3.05) is 13.1 Å². The number of carbonyl (C=O) groups is 2. The molecule has 0 amide bonds. The number of hydrogen-bond acceptors (Lipinski definition) is 4. The second kappa shape index (κ2) is 7.51. The number of piperidine rings is 1. The molecule has 2 rings (SSSR count). The zero-order valence-corrected chi connectivity index (χ0v) is 15.0. The van der Waals surface area contributed by atoms with Crippen LogP contribution in [-0.2, 0) is 14.3 Å². The van der Waals surface area contributed by atoms with Gasteiger partial charge in [0.05, 0.1) is 0 Å². The summed E-state index contributed by atoms with van der Waals surface area (Å²) in [5.41, 5.74) is -1.24. The Hall–Kier alpha value is -1.62. The average Bonchev–Trinajstić information content (AvgIpc) is 2.52. The van der Waals surface area contributed by atoms with E-state index >= 15 is 0 Å². The highest BCUT2D eigenvalue weighted by atomic mass is 16.6. The van der Waals surface area contributed by atoms with E-state index in [0.717, 1.165) is 32.4 Å². The van der Waals surface area contributed by atoms with Crippen molar-refractivity contribution in [3.63, 3.8) is 0 Å². The summed E-state index contributed by atoms with van der Waals surface area (Å²) in [5, 5.41) is 8.83. The maximum Gasteiger partial charge on any atom is 0.331 e. The Balaban J connectivity index is 2.05. The van der Waals surface area contributed by atoms with Crippen molar-refractivity contribution in [3.05, 3.63) is 24.3 Å². The Labute approximate surface area is 144 Å². The van der Waals surface area contributed by atoms with Crippen LogP contribution in [0.3, 0.4) is 0 Å². The lowest BCUT2D eigenvalue weighted by Crippen LogP contribution is -2.57. The standard InChI is InChI=1S/C19H29NO4/c1-18(2,3)24-17(23)19(11-5-4-6-12-19)20-13-9-15(10-14-20)7-8-16(21)22/h4-6,11,15H,7-10,12-14H2,1-3H3,(H,21,22). The van der Waals surface area contributed by atoms with Gasteiger partial charge in [0.2, 0.25) is 0 Å². The van der Waals surface area contributed by atoms with Gasteiger partial charge in [0.1, 0.15) is 11.1 Å². The molecule has 2 aliphatic rings. The highest BCUT2D eigenvalue weighted by molar-refractivity contribution is 5.84. The van der Waals surface area contributed by atoms with Crippen molar-refractivity contribution in [1.29, 1.82) is 0 Å². The Morgan fingerprint density at radius 3 is 2.42 bits per heavy atom. The summed E-state index contributed by atoms with van der Waals surface area (Å²) in [6.07, 6.45) is 11.3. The van der Waals surface area contributed by atoms with Crippen LogP contribution in [0.1, 0.15) is 52.9 Å². The number of allylic oxidation sites excluding steroid dienone is 2. The first-order chi connectivity index (χ1) is 11.2. The molecule has 134 valence electrons. The number of hydrogen-bond donors (Lipinski definition) is 1. The fraction of sp³-hybridized carbons (Fsp3) is 0.684. The lowest BCUT2D eigenvalue weighted by atomic mass is 9.84. The third-order valence-electron chi connectivity index (χ3n) is 4.75. The summed E-state index contributed by atoms with van der Waals surface area (Å²) in [6.45, 7) is 7.25. The molecule has 0 saturated carbocycles. The number of likely N-dealkylation sites (tertiary alicyclic amines) is 1. The summed E-state index contributed by atoms with van der Waals surface area (Å²) in [5.74, 6) is -0.501. The predicted octanol–water partition coefficient (Wildman–Crippen LogP) is 3.16. The molecule has 1 fully saturated rings. The normalized spacial score (nSPS) is 25.6. The smallest absolute Gasteiger partial charge is 0.331 e. The molecule has 1 N–H and O–H groups in total. The molecule has 24 heavy (non-hydrogen) atoms. The van der Waals surface area contributed by atoms with Crippen LogP contribution in [0.2, 0.25) is 0 Å². The summed E-state index contributed by atoms with van der Waals surface area (Å²) in [7, 11) is 0. The van der Waals surface area contributed by atoms with Crippen molar-refractivity contribution in [1.82, 2.24) is 4.90 Å². The molecule has 1 aliphatic carbocycles. The zero-order valence-electron chi connectivity index (χ0n) is 15.0. The summed E-state index contributed by atoms with van der Waals surface area (Å²) < 4.78 is 5.70. The number of carboxylic acids is 1. The average molecular weight is 335 g/mol. The van der Waals surface area contributed by atoms with Crippen LogP contribution in [0.15, 0.2) is 24.3 Å². The van der Waals surface area contributed by atoms with E-state index in [9.17, 15) is 9.59 Å². The minimum atomic E-state index is -0.733. The molecule has 0 aromatic carbocycles. The molecule has 0 aromatic heterocycles. The first-order valence-electron chi connectivity index (χ1n) is 8.77. The molecule has 0 spiro atoms. The summed E-state index contributed by atoms with van der Waals surface area (Å²) in [4.78, 5) is 25.8. The van der Waals surface area contributed by atoms with Crippen LogP contribution >= 0.6 is 0 Å². The maximum absolute atomic E-state index is 12.9. The Morgan fingerprint density at radius 1 is 1.25 bits per heavy atom. The van der Waals surface area contributed by atoms with Gasteiger partial charge >= 0.3 is 11.9 Å². The van der Waals surface area contributed by atoms with Gasteiger partial charge in [0.25, 0.3) is 0 Å². The minimum absolute atomic E-state index is 0.195. The Morgan fingerprint density at radius 2 is 1.92 bits per heavy atom. The molecule has 5 nitrogen and oxygen atoms in total. The van der Waals surface area contributed by atoms with Gasteiger partial charge in [-0.25, -0.2) is 4.79 Å². The number of ether oxygens (including phenoxy) is 1. The van der Waals surface area contributed by atoms with Gasteiger partial charge in [-0.1, -0.05) is 24.3 Å². The van der Waals surface area contributed by atoms with Crippen molar-refractivity contribution >= 4 is 11.9 Å². The molecular weight excluding hydrogens is 306 g/mol. The topological polar surface area (TPSA) is 66.8 Å². The van der Waals surface area contributed by atoms with E-state index in [0.29, 0.717) is 12.3 Å². The van der Waals surface area contributed by atoms with E-state index in [1.165, 1.54) is 0 Å². The summed E-state index contributed by atoms with van der Waals surface area (Å²) >= 11 is 0. The third kappa shape index (κ3) is 4.69. The molecule has 1 aliphatic heterocycles. The molecule has 1 atom stereocenters. The lowest BCUT2D eigenvalue weighted by molar-refractivity contribution is -0.167. The number of aliphatic carboxylic acids is 1. The van der Waals surface area contributed by atoms with E-state index in [1.807, 2.05) is 45.1 Å². The lowest BCUT2D eigenvalue weighted by Gasteiger charge is -2.45. The first kappa shape index (κ1) is 18.7. The van der Waals surface area contributed by atoms with E-state index in [4.69, 9.17) is 9.84 Å². The highest BCUT2D eigenvalue weighted by Gasteiger charge is 2.45. The number of carboxylic acid groups (broad SMARTS) is 1. The molecule has 1 heterocycles. The van der Waals surface area contributed by atoms with Gasteiger partial charge in [-0.3, -0.25) is 9.69 Å². The van der Waals surface area contributed by atoms with E-state index in [-0.39, 0.29) is 12.4 Å². The second-order valence-corrected chi connectivity index (χ2v) is 7.78. The molecule has 0 radical (unpaired) electrons. The highest BCUT2D eigenvalue weighted by Crippen LogP contribution is 2.34. The summed E-state index contributed by atoms with van der Waals surface area (Å²) in [6, 6.07) is 0. The van der Waals surface area contributed by atoms with Gasteiger partial charge in [0, 0.05) is 6.42 Å². The molecule has 1 unspecified atom stereocenters. The monoisotopic (exact) mass is 335 g/mol. The number of rotatable bonds is 5. The van der Waals surface area contributed by atoms with Crippen LogP contribution in [0.5, 0.6) is 0 Å². The van der Waals surface area contributed by atoms with Crippen molar-refractivity contribution < 1.29 is 19.4 Å². The van der Waals surface area contributed by atoms with Crippen molar-refractivity contribution in [2.24, 2.45) is 5.92 Å². The molecule has 1 saturated heterocycles. The predicted molar refractivity (Wildman–Crippen MR) is 92.6 cm³/mol. The van der Waals surface area contributed by atoms with Gasteiger partial charge in [-0.15, -0.1) is 0 Å². The van der Waals surface area contributed by atoms with Crippen molar-refractivity contribution in [3.8, 4) is 0 Å². The quantitative estimate of drug-likeness (QED) is 0.782. The zero-order chi connectivity index (χ0) is 17.8. The molecular formula is C19H29NO4. The van der Waals surface area contributed by atoms with Gasteiger partial charge < -0.3 is 9.84 Å². The van der Waals surface area contributed by atoms with Crippen molar-refractivity contribution in [2.45, 2.75) is 64.0 Å². The van der Waals surface area contributed by atoms with E-state index < -0.39 is 17.1 Å². The SMILES string of the molecule is CC(C)(C)OC(=O)C1(N2CCC(CCC(=O)O)CC2)C=CC=CC1. The molecule has 5 heteroatoms. The largest absolute Gasteiger partial charge is 0.481 e. The Bertz CT molecular complexity index is 524. The van der Waals surface area contributed by atoms with Crippen LogP contribution < -0.4 is 0 Å². The molecule has 0 bridgehead atoms. The van der Waals surface area contributed by atoms with Crippen LogP contribution in [-0.4, -0.2) is 46.2 Å². The fourth-order valence-corrected chi connectivity index (χ4v) is 3.44. The van der Waals surface area contributed by atoms with Gasteiger partial charge in [0.15, 0.2) is 0 Å².